The van der Waals surface area contributed by atoms with Crippen molar-refractivity contribution >= 4 is 23.5 Å². The fraction of sp³-hybridized carbons (Fsp3) is 0.685. The van der Waals surface area contributed by atoms with E-state index in [0.29, 0.717) is 35.3 Å². The van der Waals surface area contributed by atoms with Crippen LogP contribution in [0.1, 0.15) is 141 Å². The molecule has 16 heteroatoms. The van der Waals surface area contributed by atoms with Crippen LogP contribution in [0.25, 0.3) is 6.08 Å². The highest BCUT2D eigenvalue weighted by Gasteiger charge is 2.85. The number of nitrogens with zero attached hydrogens (tertiary/aromatic N) is 2. The Kier molecular flexibility index (Phi) is 14.2. The van der Waals surface area contributed by atoms with Crippen molar-refractivity contribution in [2.75, 3.05) is 32.8 Å². The molecule has 3 saturated carbocycles. The second-order valence-electron chi connectivity index (χ2n) is 22.4. The van der Waals surface area contributed by atoms with E-state index in [9.17, 15) is 25.2 Å². The van der Waals surface area contributed by atoms with Crippen LogP contribution < -0.4 is 25.1 Å². The Morgan fingerprint density at radius 3 is 2.19 bits per heavy atom. The summed E-state index contributed by atoms with van der Waals surface area (Å²) in [7, 11) is 0. The molecular formula is C54H76N4O12. The summed E-state index contributed by atoms with van der Waals surface area (Å²) >= 11 is 0. The van der Waals surface area contributed by atoms with Crippen LogP contribution in [-0.2, 0) is 25.5 Å². The van der Waals surface area contributed by atoms with Gasteiger partial charge in [-0.15, -0.1) is 0 Å². The van der Waals surface area contributed by atoms with Crippen LogP contribution in [0, 0.1) is 17.8 Å². The first-order chi connectivity index (χ1) is 33.3. The standard InChI is InChI=1S/C54H76N4O12/c1-30(2)16-15-21-52(8)22-20-34-45(68-52)33(18-17-31(3)4)47-38(46(34)67-50-44(63)43(62)41(60)36(29-59)66-50)42(61)39-40(55-57-24-11-9-12-25-57)35-28-37-51(6,7)70-53(48(35)64,54(37,39)69-47)23-19-32(5)49(65)56-58-26-13-10-14-27-58/h16-17,19-20,22,35-37,39-41,43-44,50,55,59-60,62-63H,9-15,18,21,23-29H2,1-8H3,(H,56,65)/b32-19-/t35?,36-,37?,39?,40?,41-,43-,44-,50+,52?,53?,54?/m1/s1. The lowest BCUT2D eigenvalue weighted by molar-refractivity contribution is -0.277. The van der Waals surface area contributed by atoms with Gasteiger partial charge in [0, 0.05) is 61.6 Å². The fourth-order valence-corrected chi connectivity index (χ4v) is 12.8. The van der Waals surface area contributed by atoms with E-state index < -0.39 is 83.5 Å². The van der Waals surface area contributed by atoms with Gasteiger partial charge in [-0.05, 0) is 119 Å². The number of carbonyl (C=O) groups excluding carboxylic acids is 3. The van der Waals surface area contributed by atoms with Crippen LogP contribution in [0.3, 0.4) is 0 Å². The number of allylic oxidation sites excluding steroid dienone is 4. The molecule has 4 saturated heterocycles. The average molecular weight is 973 g/mol. The van der Waals surface area contributed by atoms with Crippen LogP contribution in [-0.4, -0.2) is 140 Å². The van der Waals surface area contributed by atoms with Gasteiger partial charge in [-0.25, -0.2) is 10.0 Å². The number of aliphatic hydroxyl groups excluding tert-OH is 4. The van der Waals surface area contributed by atoms with Gasteiger partial charge < -0.3 is 44.1 Å². The quantitative estimate of drug-likeness (QED) is 0.105. The number of ether oxygens (including phenoxy) is 5. The van der Waals surface area contributed by atoms with E-state index in [-0.39, 0.29) is 47.4 Å². The molecule has 6 aliphatic heterocycles. The molecule has 0 aromatic heterocycles. The van der Waals surface area contributed by atoms with E-state index in [4.69, 9.17) is 23.7 Å². The van der Waals surface area contributed by atoms with E-state index in [0.717, 1.165) is 76.7 Å². The largest absolute Gasteiger partial charge is 0.482 e. The number of rotatable bonds is 14. The lowest BCUT2D eigenvalue weighted by Gasteiger charge is -2.63. The molecule has 384 valence electrons. The van der Waals surface area contributed by atoms with E-state index in [1.807, 2.05) is 71.7 Å². The van der Waals surface area contributed by atoms with Gasteiger partial charge in [0.1, 0.15) is 52.8 Å². The van der Waals surface area contributed by atoms with Crippen molar-refractivity contribution in [3.05, 3.63) is 57.7 Å². The van der Waals surface area contributed by atoms with Gasteiger partial charge in [-0.3, -0.25) is 25.2 Å². The molecule has 70 heavy (non-hydrogen) atoms. The minimum absolute atomic E-state index is 0.0195. The number of carbonyl (C=O) groups is 3. The first-order valence-electron chi connectivity index (χ1n) is 25.8. The number of amides is 1. The Balaban J connectivity index is 1.26. The maximum Gasteiger partial charge on any atom is 0.260 e. The summed E-state index contributed by atoms with van der Waals surface area (Å²) in [5.74, 6) is -2.47. The minimum Gasteiger partial charge on any atom is -0.482 e. The number of benzene rings is 1. The number of nitrogens with one attached hydrogen (secondary N) is 2. The maximum atomic E-state index is 16.6. The van der Waals surface area contributed by atoms with Crippen molar-refractivity contribution in [3.63, 3.8) is 0 Å². The van der Waals surface area contributed by atoms with Crippen LogP contribution in [0.5, 0.6) is 17.2 Å². The molecule has 0 radical (unpaired) electrons. The molecule has 10 rings (SSSR count). The minimum atomic E-state index is -1.80. The molecule has 4 bridgehead atoms. The highest BCUT2D eigenvalue weighted by Crippen LogP contribution is 2.70. The molecule has 1 aromatic carbocycles. The Hall–Kier alpha value is -3.97. The monoisotopic (exact) mass is 973 g/mol. The van der Waals surface area contributed by atoms with Gasteiger partial charge in [-0.2, -0.15) is 0 Å². The zero-order valence-electron chi connectivity index (χ0n) is 42.3. The second-order valence-corrected chi connectivity index (χ2v) is 22.4. The first-order valence-corrected chi connectivity index (χ1v) is 25.8. The normalized spacial score (nSPS) is 36.6. The maximum absolute atomic E-state index is 16.6. The van der Waals surface area contributed by atoms with E-state index in [2.05, 4.69) is 21.9 Å². The predicted octanol–water partition coefficient (Wildman–Crippen LogP) is 5.19. The Morgan fingerprint density at radius 2 is 1.53 bits per heavy atom. The van der Waals surface area contributed by atoms with Crippen molar-refractivity contribution in [2.24, 2.45) is 17.8 Å². The van der Waals surface area contributed by atoms with Gasteiger partial charge in [0.25, 0.3) is 5.91 Å². The molecule has 9 aliphatic rings. The lowest BCUT2D eigenvalue weighted by atomic mass is 9.45. The smallest absolute Gasteiger partial charge is 0.260 e. The number of aliphatic hydroxyl groups is 4. The molecule has 3 aliphatic carbocycles. The summed E-state index contributed by atoms with van der Waals surface area (Å²) < 4.78 is 34.9. The Bertz CT molecular complexity index is 2340. The van der Waals surface area contributed by atoms with Gasteiger partial charge in [0.05, 0.1) is 23.7 Å². The van der Waals surface area contributed by atoms with E-state index in [1.54, 1.807) is 13.0 Å². The SMILES string of the molecule is CC(C)=CCCC1(C)C=Cc2c(c(CC=C(C)C)c3c(c2O[C@@H]2O[C@H](CO)[C@@H](O)[C@@H](O)[C@H]2O)C(=O)C2C(NN4CCCCC4)C4CC5C(C)(C)OC(C/C=C(/C)C(=O)NN6CCCCC6)(C4=O)C25O3)O1. The molecule has 7 fully saturated rings. The van der Waals surface area contributed by atoms with Gasteiger partial charge in [0.2, 0.25) is 6.29 Å². The van der Waals surface area contributed by atoms with Crippen molar-refractivity contribution in [1.29, 1.82) is 0 Å². The number of hydrogen-bond donors (Lipinski definition) is 6. The lowest BCUT2D eigenvalue weighted by Crippen LogP contribution is -2.82. The number of Topliss-reactive ketones (excluding diaryl/α,β-unsaturated/α-hetero) is 2. The fourth-order valence-electron chi connectivity index (χ4n) is 12.8. The Morgan fingerprint density at radius 1 is 0.857 bits per heavy atom. The summed E-state index contributed by atoms with van der Waals surface area (Å²) in [6.45, 7) is 18.0. The number of fused-ring (bicyclic) bond motifs is 2. The molecule has 7 unspecified atom stereocenters. The first kappa shape index (κ1) is 51.0. The van der Waals surface area contributed by atoms with Crippen molar-refractivity contribution < 1.29 is 58.5 Å². The zero-order chi connectivity index (χ0) is 50.1. The molecular weight excluding hydrogens is 897 g/mol. The number of ketones is 2. The number of piperidine rings is 2. The van der Waals surface area contributed by atoms with Crippen molar-refractivity contribution in [3.8, 4) is 17.2 Å². The predicted molar refractivity (Wildman–Crippen MR) is 261 cm³/mol. The summed E-state index contributed by atoms with van der Waals surface area (Å²) in [6.07, 6.45) is 9.61. The topological polar surface area (TPSA) is 209 Å². The molecule has 1 amide bonds. The van der Waals surface area contributed by atoms with Crippen LogP contribution in [0.2, 0.25) is 0 Å². The summed E-state index contributed by atoms with van der Waals surface area (Å²) in [5.41, 5.74) is 5.27. The van der Waals surface area contributed by atoms with Crippen molar-refractivity contribution in [1.82, 2.24) is 20.9 Å². The molecule has 16 nitrogen and oxygen atoms in total. The van der Waals surface area contributed by atoms with E-state index >= 15 is 9.59 Å². The third-order valence-electron chi connectivity index (χ3n) is 16.5. The van der Waals surface area contributed by atoms with Gasteiger partial charge in [-0.1, -0.05) is 42.2 Å². The molecule has 1 aromatic rings. The zero-order valence-corrected chi connectivity index (χ0v) is 42.3. The molecule has 6 heterocycles. The van der Waals surface area contributed by atoms with Crippen LogP contribution in [0.15, 0.2) is 41.0 Å². The number of hydrazine groups is 2. The molecule has 12 atom stereocenters. The van der Waals surface area contributed by atoms with Crippen molar-refractivity contribution in [2.45, 2.75) is 185 Å². The van der Waals surface area contributed by atoms with Gasteiger partial charge >= 0.3 is 0 Å². The highest BCUT2D eigenvalue weighted by atomic mass is 16.7. The summed E-state index contributed by atoms with van der Waals surface area (Å²) in [6, 6.07) is -0.719. The van der Waals surface area contributed by atoms with E-state index in [1.165, 1.54) is 5.57 Å². The molecule has 6 N–H and O–H groups in total. The summed E-state index contributed by atoms with van der Waals surface area (Å²) in [5, 5.41) is 47.6. The third-order valence-corrected chi connectivity index (χ3v) is 16.5. The third kappa shape index (κ3) is 8.70. The molecule has 1 spiro atoms. The highest BCUT2D eigenvalue weighted by molar-refractivity contribution is 6.10. The second kappa shape index (κ2) is 19.5. The van der Waals surface area contributed by atoms with Gasteiger partial charge in [0.15, 0.2) is 22.8 Å². The average Bonchev–Trinajstić information content (AvgIpc) is 3.46. The Labute approximate surface area is 412 Å². The van der Waals surface area contributed by atoms with Crippen LogP contribution >= 0.6 is 0 Å². The number of hydrogen-bond acceptors (Lipinski definition) is 15. The summed E-state index contributed by atoms with van der Waals surface area (Å²) in [4.78, 5) is 46.3. The van der Waals surface area contributed by atoms with Crippen LogP contribution in [0.4, 0.5) is 0 Å².